The van der Waals surface area contributed by atoms with Crippen molar-refractivity contribution in [3.8, 4) is 0 Å². The van der Waals surface area contributed by atoms with Gasteiger partial charge in [0.25, 0.3) is 0 Å². The maximum atomic E-state index is 11.8. The number of aromatic nitrogens is 1. The normalized spacial score (nSPS) is 23.1. The number of halogens is 1. The maximum absolute atomic E-state index is 11.8. The van der Waals surface area contributed by atoms with Gasteiger partial charge in [0.2, 0.25) is 0 Å². The molecule has 2 atom stereocenters. The third-order valence-corrected chi connectivity index (χ3v) is 5.08. The van der Waals surface area contributed by atoms with Crippen molar-refractivity contribution in [3.63, 3.8) is 0 Å². The molecule has 1 N–H and O–H groups in total. The lowest BCUT2D eigenvalue weighted by Gasteiger charge is -2.08. The summed E-state index contributed by atoms with van der Waals surface area (Å²) in [6.07, 6.45) is 4.07. The van der Waals surface area contributed by atoms with Gasteiger partial charge in [-0.15, -0.1) is 11.3 Å². The van der Waals surface area contributed by atoms with Crippen LogP contribution < -0.4 is 5.32 Å². The molecule has 1 aliphatic rings. The summed E-state index contributed by atoms with van der Waals surface area (Å²) in [5.41, 5.74) is 0. The molecule has 1 aromatic heterocycles. The van der Waals surface area contributed by atoms with E-state index >= 15 is 0 Å². The van der Waals surface area contributed by atoms with E-state index in [0.29, 0.717) is 16.3 Å². The Hall–Kier alpha value is 0.0300. The van der Waals surface area contributed by atoms with E-state index in [1.165, 1.54) is 17.8 Å². The summed E-state index contributed by atoms with van der Waals surface area (Å²) in [4.78, 5) is 4.95. The second-order valence-corrected chi connectivity index (χ2v) is 6.82. The first-order chi connectivity index (χ1) is 7.24. The molecule has 1 aliphatic heterocycles. The van der Waals surface area contributed by atoms with Crippen LogP contribution in [0.25, 0.3) is 0 Å². The van der Waals surface area contributed by atoms with Crippen LogP contribution in [0.1, 0.15) is 17.7 Å². The summed E-state index contributed by atoms with van der Waals surface area (Å²) in [5.74, 6) is 1.33. The number of thiazole rings is 1. The highest BCUT2D eigenvalue weighted by atomic mass is 35.5. The molecule has 0 bridgehead atoms. The van der Waals surface area contributed by atoms with E-state index in [1.54, 1.807) is 6.20 Å². The second-order valence-electron chi connectivity index (χ2n) is 3.62. The van der Waals surface area contributed by atoms with Gasteiger partial charge in [0, 0.05) is 33.7 Å². The summed E-state index contributed by atoms with van der Waals surface area (Å²) < 4.78 is 12.3. The van der Waals surface area contributed by atoms with E-state index in [1.807, 2.05) is 0 Å². The highest BCUT2D eigenvalue weighted by molar-refractivity contribution is 7.84. The Bertz CT molecular complexity index is 350. The summed E-state index contributed by atoms with van der Waals surface area (Å²) in [6.45, 7) is 1.06. The molecule has 15 heavy (non-hydrogen) atoms. The van der Waals surface area contributed by atoms with Crippen LogP contribution in [0.2, 0.25) is 4.47 Å². The highest BCUT2D eigenvalue weighted by Crippen LogP contribution is 2.19. The zero-order valence-electron chi connectivity index (χ0n) is 8.24. The fourth-order valence-corrected chi connectivity index (χ4v) is 4.34. The molecule has 0 unspecified atom stereocenters. The first-order valence-electron chi connectivity index (χ1n) is 4.92. The summed E-state index contributed by atoms with van der Waals surface area (Å²) in [5, 5.41) is 3.35. The standard InChI is InChI=1S/C9H13ClN2OS2/c10-9-12-4-8(14-9)6-15(13)5-7-2-1-3-11-7/h4,7,11H,1-3,5-6H2/t7-,15-/m0/s1. The molecule has 0 spiro atoms. The Morgan fingerprint density at radius 2 is 2.60 bits per heavy atom. The van der Waals surface area contributed by atoms with E-state index < -0.39 is 10.8 Å². The van der Waals surface area contributed by atoms with E-state index in [9.17, 15) is 4.21 Å². The van der Waals surface area contributed by atoms with Crippen molar-refractivity contribution in [1.82, 2.24) is 10.3 Å². The van der Waals surface area contributed by atoms with Crippen LogP contribution in [0.15, 0.2) is 6.20 Å². The molecule has 0 radical (unpaired) electrons. The molecule has 0 amide bonds. The van der Waals surface area contributed by atoms with Crippen LogP contribution in [0.5, 0.6) is 0 Å². The van der Waals surface area contributed by atoms with Gasteiger partial charge in [0.15, 0.2) is 4.47 Å². The topological polar surface area (TPSA) is 42.0 Å². The Morgan fingerprint density at radius 1 is 1.73 bits per heavy atom. The Balaban J connectivity index is 1.81. The minimum atomic E-state index is -0.798. The molecule has 0 aliphatic carbocycles. The number of hydrogen-bond donors (Lipinski definition) is 1. The van der Waals surface area contributed by atoms with Gasteiger partial charge in [0.05, 0.1) is 5.75 Å². The number of nitrogens with zero attached hydrogens (tertiary/aromatic N) is 1. The van der Waals surface area contributed by atoms with Crippen LogP contribution in [-0.2, 0) is 16.6 Å². The fraction of sp³-hybridized carbons (Fsp3) is 0.667. The molecule has 6 heteroatoms. The van der Waals surface area contributed by atoms with Gasteiger partial charge in [-0.25, -0.2) is 4.98 Å². The monoisotopic (exact) mass is 264 g/mol. The smallest absolute Gasteiger partial charge is 0.183 e. The van der Waals surface area contributed by atoms with E-state index in [4.69, 9.17) is 11.6 Å². The van der Waals surface area contributed by atoms with E-state index in [-0.39, 0.29) is 0 Å². The minimum Gasteiger partial charge on any atom is -0.313 e. The van der Waals surface area contributed by atoms with Gasteiger partial charge in [-0.1, -0.05) is 11.6 Å². The molecule has 0 saturated carbocycles. The Labute approximate surface area is 101 Å². The first kappa shape index (κ1) is 11.5. The fourth-order valence-electron chi connectivity index (χ4n) is 1.69. The van der Waals surface area contributed by atoms with Gasteiger partial charge >= 0.3 is 0 Å². The van der Waals surface area contributed by atoms with Crippen LogP contribution in [-0.4, -0.2) is 27.5 Å². The average Bonchev–Trinajstić information content (AvgIpc) is 2.77. The summed E-state index contributed by atoms with van der Waals surface area (Å²) in [7, 11) is -0.798. The Kier molecular flexibility index (Phi) is 4.13. The third-order valence-electron chi connectivity index (χ3n) is 2.38. The van der Waals surface area contributed by atoms with Crippen molar-refractivity contribution >= 4 is 33.7 Å². The van der Waals surface area contributed by atoms with Crippen molar-refractivity contribution in [2.45, 2.75) is 24.6 Å². The van der Waals surface area contributed by atoms with Crippen LogP contribution in [0, 0.1) is 0 Å². The van der Waals surface area contributed by atoms with Gasteiger partial charge < -0.3 is 5.32 Å². The van der Waals surface area contributed by atoms with Gasteiger partial charge in [-0.2, -0.15) is 0 Å². The molecule has 2 rings (SSSR count). The average molecular weight is 265 g/mol. The first-order valence-corrected chi connectivity index (χ1v) is 7.61. The molecule has 84 valence electrons. The van der Waals surface area contributed by atoms with Crippen molar-refractivity contribution in [2.75, 3.05) is 12.3 Å². The van der Waals surface area contributed by atoms with Crippen molar-refractivity contribution < 1.29 is 4.21 Å². The predicted molar refractivity (Wildman–Crippen MR) is 64.9 cm³/mol. The predicted octanol–water partition coefficient (Wildman–Crippen LogP) is 1.80. The summed E-state index contributed by atoms with van der Waals surface area (Å²) >= 11 is 7.13. The lowest BCUT2D eigenvalue weighted by molar-refractivity contribution is 0.643. The Morgan fingerprint density at radius 3 is 3.20 bits per heavy atom. The third kappa shape index (κ3) is 3.52. The molecule has 1 saturated heterocycles. The SMILES string of the molecule is O=[S@](Cc1cnc(Cl)s1)C[C@@H]1CCCN1. The maximum Gasteiger partial charge on any atom is 0.183 e. The van der Waals surface area contributed by atoms with Gasteiger partial charge in [-0.05, 0) is 19.4 Å². The van der Waals surface area contributed by atoms with Crippen molar-refractivity contribution in [1.29, 1.82) is 0 Å². The number of hydrogen-bond acceptors (Lipinski definition) is 4. The van der Waals surface area contributed by atoms with E-state index in [0.717, 1.165) is 23.6 Å². The highest BCUT2D eigenvalue weighted by Gasteiger charge is 2.17. The molecular formula is C9H13ClN2OS2. The minimum absolute atomic E-state index is 0.439. The largest absolute Gasteiger partial charge is 0.313 e. The van der Waals surface area contributed by atoms with Crippen LogP contribution in [0.4, 0.5) is 0 Å². The molecular weight excluding hydrogens is 252 g/mol. The number of rotatable bonds is 4. The molecule has 1 aromatic rings. The van der Waals surface area contributed by atoms with E-state index in [2.05, 4.69) is 10.3 Å². The van der Waals surface area contributed by atoms with Gasteiger partial charge in [-0.3, -0.25) is 4.21 Å². The lowest BCUT2D eigenvalue weighted by Crippen LogP contribution is -2.27. The zero-order valence-corrected chi connectivity index (χ0v) is 10.6. The molecule has 2 heterocycles. The molecule has 3 nitrogen and oxygen atoms in total. The lowest BCUT2D eigenvalue weighted by atomic mass is 10.3. The number of nitrogens with one attached hydrogen (secondary N) is 1. The van der Waals surface area contributed by atoms with Crippen LogP contribution >= 0.6 is 22.9 Å². The van der Waals surface area contributed by atoms with Gasteiger partial charge in [0.1, 0.15) is 0 Å². The quantitative estimate of drug-likeness (QED) is 0.902. The second kappa shape index (κ2) is 5.39. The molecule has 1 fully saturated rings. The van der Waals surface area contributed by atoms with Crippen molar-refractivity contribution in [3.05, 3.63) is 15.5 Å². The van der Waals surface area contributed by atoms with Crippen molar-refractivity contribution in [2.24, 2.45) is 0 Å². The zero-order chi connectivity index (χ0) is 10.7. The molecule has 0 aromatic carbocycles. The summed E-state index contributed by atoms with van der Waals surface area (Å²) in [6, 6.07) is 0.439. The van der Waals surface area contributed by atoms with Crippen LogP contribution in [0.3, 0.4) is 0 Å².